The molecule has 0 radical (unpaired) electrons. The number of ether oxygens (including phenoxy) is 2. The third-order valence-corrected chi connectivity index (χ3v) is 5.50. The minimum absolute atomic E-state index is 0.410. The molecule has 0 fully saturated rings. The Labute approximate surface area is 92.0 Å². The SMILES string of the molecule is COC(=O)SSSC(Cl)(Cl)OC. The van der Waals surface area contributed by atoms with Crippen molar-refractivity contribution in [3.63, 3.8) is 0 Å². The number of alkyl halides is 2. The molecule has 0 saturated carbocycles. The molecule has 8 heteroatoms. The van der Waals surface area contributed by atoms with Gasteiger partial charge in [0.2, 0.25) is 0 Å². The van der Waals surface area contributed by atoms with Gasteiger partial charge in [-0.1, -0.05) is 23.2 Å². The zero-order valence-electron chi connectivity index (χ0n) is 6.21. The van der Waals surface area contributed by atoms with Gasteiger partial charge in [0.15, 0.2) is 0 Å². The fourth-order valence-corrected chi connectivity index (χ4v) is 4.28. The molecule has 0 atom stereocenters. The van der Waals surface area contributed by atoms with Crippen molar-refractivity contribution in [2.24, 2.45) is 0 Å². The summed E-state index contributed by atoms with van der Waals surface area (Å²) in [6.07, 6.45) is 0. The average molecular weight is 269 g/mol. The molecule has 0 spiro atoms. The van der Waals surface area contributed by atoms with Gasteiger partial charge in [-0.2, -0.15) is 0 Å². The van der Waals surface area contributed by atoms with Crippen molar-refractivity contribution in [2.75, 3.05) is 14.2 Å². The predicted molar refractivity (Wildman–Crippen MR) is 56.6 cm³/mol. The molecule has 3 nitrogen and oxygen atoms in total. The van der Waals surface area contributed by atoms with Gasteiger partial charge >= 0.3 is 5.30 Å². The molecule has 0 aromatic carbocycles. The fourth-order valence-electron chi connectivity index (χ4n) is 0.152. The van der Waals surface area contributed by atoms with Crippen LogP contribution in [0.2, 0.25) is 0 Å². The van der Waals surface area contributed by atoms with Gasteiger partial charge in [-0.3, -0.25) is 0 Å². The highest BCUT2D eigenvalue weighted by Gasteiger charge is 2.25. The topological polar surface area (TPSA) is 35.5 Å². The van der Waals surface area contributed by atoms with E-state index in [0.29, 0.717) is 0 Å². The van der Waals surface area contributed by atoms with E-state index < -0.39 is 9.15 Å². The Morgan fingerprint density at radius 1 is 1.42 bits per heavy atom. The molecule has 0 rings (SSSR count). The highest BCUT2D eigenvalue weighted by Crippen LogP contribution is 2.48. The van der Waals surface area contributed by atoms with Crippen molar-refractivity contribution >= 4 is 59.9 Å². The maximum absolute atomic E-state index is 10.6. The van der Waals surface area contributed by atoms with Crippen LogP contribution in [0.15, 0.2) is 0 Å². The largest absolute Gasteiger partial charge is 0.460 e. The third-order valence-electron chi connectivity index (χ3n) is 0.637. The van der Waals surface area contributed by atoms with Crippen LogP contribution in [-0.4, -0.2) is 23.4 Å². The van der Waals surface area contributed by atoms with Gasteiger partial charge in [0.1, 0.15) is 0 Å². The van der Waals surface area contributed by atoms with Crippen molar-refractivity contribution in [3.8, 4) is 0 Å². The normalized spacial score (nSPS) is 11.3. The molecule has 0 N–H and O–H groups in total. The zero-order valence-corrected chi connectivity index (χ0v) is 10.2. The minimum atomic E-state index is -1.33. The summed E-state index contributed by atoms with van der Waals surface area (Å²) < 4.78 is 7.69. The van der Waals surface area contributed by atoms with Gasteiger partial charge in [0.05, 0.1) is 7.11 Å². The first kappa shape index (κ1) is 13.1. The second kappa shape index (κ2) is 6.50. The lowest BCUT2D eigenvalue weighted by Gasteiger charge is -2.13. The first-order chi connectivity index (χ1) is 5.52. The summed E-state index contributed by atoms with van der Waals surface area (Å²) >= 11 is 11.1. The number of carbonyl (C=O) groups excluding carboxylic acids is 1. The molecule has 0 saturated heterocycles. The van der Waals surface area contributed by atoms with E-state index in [0.717, 1.165) is 31.4 Å². The summed E-state index contributed by atoms with van der Waals surface area (Å²) in [5.41, 5.74) is 0. The summed E-state index contributed by atoms with van der Waals surface area (Å²) in [6, 6.07) is 0. The molecular weight excluding hydrogens is 263 g/mol. The van der Waals surface area contributed by atoms with Crippen LogP contribution in [0.5, 0.6) is 0 Å². The maximum Gasteiger partial charge on any atom is 0.378 e. The van der Waals surface area contributed by atoms with E-state index in [2.05, 4.69) is 9.47 Å². The van der Waals surface area contributed by atoms with E-state index >= 15 is 0 Å². The average Bonchev–Trinajstić information content (AvgIpc) is 2.04. The molecule has 0 aliphatic heterocycles. The van der Waals surface area contributed by atoms with Crippen LogP contribution in [0.4, 0.5) is 4.79 Å². The first-order valence-electron chi connectivity index (χ1n) is 2.55. The van der Waals surface area contributed by atoms with Crippen molar-refractivity contribution in [3.05, 3.63) is 0 Å². The fraction of sp³-hybridized carbons (Fsp3) is 0.750. The molecule has 0 bridgehead atoms. The summed E-state index contributed by atoms with van der Waals surface area (Å²) in [5, 5.41) is -0.410. The summed E-state index contributed by atoms with van der Waals surface area (Å²) in [4.78, 5) is 10.6. The van der Waals surface area contributed by atoms with Gasteiger partial charge < -0.3 is 9.47 Å². The van der Waals surface area contributed by atoms with Gasteiger partial charge in [0.25, 0.3) is 3.85 Å². The molecule has 0 unspecified atom stereocenters. The second-order valence-electron chi connectivity index (χ2n) is 1.36. The summed E-state index contributed by atoms with van der Waals surface area (Å²) in [5.74, 6) is 0. The van der Waals surface area contributed by atoms with E-state index in [9.17, 15) is 4.79 Å². The summed E-state index contributed by atoms with van der Waals surface area (Å²) in [6.45, 7) is 0. The van der Waals surface area contributed by atoms with Crippen LogP contribution in [-0.2, 0) is 9.47 Å². The quantitative estimate of drug-likeness (QED) is 0.336. The lowest BCUT2D eigenvalue weighted by molar-refractivity contribution is 0.200. The van der Waals surface area contributed by atoms with Gasteiger partial charge in [-0.25, -0.2) is 4.79 Å². The van der Waals surface area contributed by atoms with E-state index in [1.54, 1.807) is 0 Å². The van der Waals surface area contributed by atoms with E-state index in [-0.39, 0.29) is 0 Å². The van der Waals surface area contributed by atoms with Crippen LogP contribution in [0.25, 0.3) is 0 Å². The number of hydrogen-bond donors (Lipinski definition) is 0. The standard InChI is InChI=1S/C4H6Cl2O3S3/c1-8-3(7)10-12-11-4(5,6)9-2/h1-2H3. The smallest absolute Gasteiger partial charge is 0.378 e. The molecule has 0 aliphatic carbocycles. The minimum Gasteiger partial charge on any atom is -0.460 e. The van der Waals surface area contributed by atoms with Crippen LogP contribution in [0, 0.1) is 0 Å². The Kier molecular flexibility index (Phi) is 7.08. The predicted octanol–water partition coefficient (Wildman–Crippen LogP) is 3.52. The van der Waals surface area contributed by atoms with Gasteiger partial charge in [-0.05, 0) is 20.6 Å². The molecule has 0 aliphatic rings. The lowest BCUT2D eigenvalue weighted by atomic mass is 11.5. The Morgan fingerprint density at radius 2 is 2.00 bits per heavy atom. The molecule has 12 heavy (non-hydrogen) atoms. The Morgan fingerprint density at radius 3 is 2.42 bits per heavy atom. The van der Waals surface area contributed by atoms with E-state index in [1.807, 2.05) is 0 Å². The van der Waals surface area contributed by atoms with E-state index in [4.69, 9.17) is 23.2 Å². The van der Waals surface area contributed by atoms with Crippen LogP contribution in [0.1, 0.15) is 0 Å². The van der Waals surface area contributed by atoms with Crippen molar-refractivity contribution in [1.29, 1.82) is 0 Å². The Balaban J connectivity index is 3.49. The second-order valence-corrected chi connectivity index (χ2v) is 7.07. The molecule has 0 aromatic heterocycles. The molecule has 72 valence electrons. The third kappa shape index (κ3) is 6.56. The molecular formula is C4H6Cl2O3S3. The number of hydrogen-bond acceptors (Lipinski definition) is 6. The van der Waals surface area contributed by atoms with Crippen molar-refractivity contribution < 1.29 is 14.3 Å². The lowest BCUT2D eigenvalue weighted by Crippen LogP contribution is -2.06. The highest BCUT2D eigenvalue weighted by molar-refractivity contribution is 9.12. The Hall–Kier alpha value is 1.06. The monoisotopic (exact) mass is 268 g/mol. The number of carbonyl (C=O) groups is 1. The maximum atomic E-state index is 10.6. The van der Waals surface area contributed by atoms with Crippen molar-refractivity contribution in [2.45, 2.75) is 3.85 Å². The van der Waals surface area contributed by atoms with Gasteiger partial charge in [0, 0.05) is 17.9 Å². The highest BCUT2D eigenvalue weighted by atomic mass is 35.5. The molecule has 0 aromatic rings. The van der Waals surface area contributed by atoms with Crippen LogP contribution < -0.4 is 0 Å². The number of rotatable bonds is 4. The van der Waals surface area contributed by atoms with Gasteiger partial charge in [-0.15, -0.1) is 0 Å². The zero-order chi connectivity index (χ0) is 9.61. The van der Waals surface area contributed by atoms with Crippen LogP contribution in [0.3, 0.4) is 0 Å². The molecule has 0 heterocycles. The van der Waals surface area contributed by atoms with Crippen molar-refractivity contribution in [1.82, 2.24) is 0 Å². The van der Waals surface area contributed by atoms with Crippen LogP contribution >= 0.6 is 54.6 Å². The Bertz CT molecular complexity index is 154. The number of methoxy groups -OCH3 is 2. The van der Waals surface area contributed by atoms with E-state index in [1.165, 1.54) is 14.2 Å². The number of halogens is 2. The first-order valence-corrected chi connectivity index (χ1v) is 6.79. The summed E-state index contributed by atoms with van der Waals surface area (Å²) in [7, 11) is 5.65. The molecule has 0 amide bonds.